The van der Waals surface area contributed by atoms with Crippen LogP contribution in [0.4, 0.5) is 11.4 Å². The third-order valence-electron chi connectivity index (χ3n) is 7.04. The summed E-state index contributed by atoms with van der Waals surface area (Å²) in [4.78, 5) is 41.1. The van der Waals surface area contributed by atoms with Crippen LogP contribution in [0.5, 0.6) is 5.75 Å². The Morgan fingerprint density at radius 3 is 2.23 bits per heavy atom. The Bertz CT molecular complexity index is 1720. The zero-order valence-corrected chi connectivity index (χ0v) is 24.4. The highest BCUT2D eigenvalue weighted by molar-refractivity contribution is 6.06. The number of anilines is 2. The van der Waals surface area contributed by atoms with E-state index in [1.54, 1.807) is 75.0 Å². The summed E-state index contributed by atoms with van der Waals surface area (Å²) < 4.78 is 6.62. The van der Waals surface area contributed by atoms with Crippen LogP contribution in [0.15, 0.2) is 115 Å². The Hall–Kier alpha value is -5.77. The second-order valence-corrected chi connectivity index (χ2v) is 10.1. The van der Waals surface area contributed by atoms with Crippen molar-refractivity contribution in [1.82, 2.24) is 20.3 Å². The number of rotatable bonds is 11. The lowest BCUT2D eigenvalue weighted by Gasteiger charge is -2.25. The van der Waals surface area contributed by atoms with Gasteiger partial charge in [0, 0.05) is 30.3 Å². The number of methoxy groups -OCH3 is 1. The molecule has 0 aliphatic heterocycles. The van der Waals surface area contributed by atoms with Gasteiger partial charge in [0.15, 0.2) is 0 Å². The third kappa shape index (κ3) is 7.35. The van der Waals surface area contributed by atoms with Crippen molar-refractivity contribution in [3.63, 3.8) is 0 Å². The highest BCUT2D eigenvalue weighted by Crippen LogP contribution is 2.26. The summed E-state index contributed by atoms with van der Waals surface area (Å²) in [5.41, 5.74) is 3.81. The van der Waals surface area contributed by atoms with Gasteiger partial charge in [-0.15, -0.1) is 5.10 Å². The fourth-order valence-electron chi connectivity index (χ4n) is 4.70. The van der Waals surface area contributed by atoms with E-state index in [1.165, 1.54) is 9.58 Å². The van der Waals surface area contributed by atoms with Crippen molar-refractivity contribution >= 4 is 29.1 Å². The first-order chi connectivity index (χ1) is 21.4. The second-order valence-electron chi connectivity index (χ2n) is 10.1. The predicted molar refractivity (Wildman–Crippen MR) is 168 cm³/mol. The molecule has 5 rings (SSSR count). The molecular formula is C34H32N6O4. The minimum atomic E-state index is -0.825. The van der Waals surface area contributed by atoms with Gasteiger partial charge < -0.3 is 20.3 Å². The van der Waals surface area contributed by atoms with E-state index >= 15 is 0 Å². The predicted octanol–water partition coefficient (Wildman–Crippen LogP) is 4.60. The van der Waals surface area contributed by atoms with Gasteiger partial charge in [0.1, 0.15) is 24.0 Å². The fraction of sp³-hybridized carbons (Fsp3) is 0.147. The molecule has 0 spiro atoms. The van der Waals surface area contributed by atoms with E-state index in [0.29, 0.717) is 40.4 Å². The normalized spacial score (nSPS) is 11.3. The third-order valence-corrected chi connectivity index (χ3v) is 7.04. The van der Waals surface area contributed by atoms with E-state index in [2.05, 4.69) is 20.9 Å². The van der Waals surface area contributed by atoms with Gasteiger partial charge in [-0.3, -0.25) is 14.4 Å². The molecule has 1 aromatic heterocycles. The Morgan fingerprint density at radius 1 is 0.864 bits per heavy atom. The van der Waals surface area contributed by atoms with E-state index in [-0.39, 0.29) is 18.4 Å². The number of nitrogens with zero attached hydrogens (tertiary/aromatic N) is 4. The highest BCUT2D eigenvalue weighted by Gasteiger charge is 2.26. The SMILES string of the molecule is COc1ccc(N(C)C(=O)C(Cc2ccccc2)NC(=O)Cn2cc(-c3ccccc3NC(=O)c3ccccc3)nn2)cc1. The molecule has 1 unspecified atom stereocenters. The molecule has 0 aliphatic carbocycles. The van der Waals surface area contributed by atoms with E-state index < -0.39 is 11.9 Å². The molecule has 0 bridgehead atoms. The monoisotopic (exact) mass is 588 g/mol. The van der Waals surface area contributed by atoms with Crippen LogP contribution in [0.25, 0.3) is 11.3 Å². The molecule has 0 radical (unpaired) electrons. The highest BCUT2D eigenvalue weighted by atomic mass is 16.5. The summed E-state index contributed by atoms with van der Waals surface area (Å²) in [6.07, 6.45) is 1.94. The lowest BCUT2D eigenvalue weighted by molar-refractivity contribution is -0.127. The van der Waals surface area contributed by atoms with Crippen molar-refractivity contribution in [1.29, 1.82) is 0 Å². The van der Waals surface area contributed by atoms with Crippen LogP contribution in [0, 0.1) is 0 Å². The van der Waals surface area contributed by atoms with Crippen molar-refractivity contribution in [2.45, 2.75) is 19.0 Å². The van der Waals surface area contributed by atoms with E-state index in [0.717, 1.165) is 5.56 Å². The molecule has 0 aliphatic rings. The molecule has 2 N–H and O–H groups in total. The summed E-state index contributed by atoms with van der Waals surface area (Å²) in [5.74, 6) is -0.241. The molecule has 10 heteroatoms. The quantitative estimate of drug-likeness (QED) is 0.233. The van der Waals surface area contributed by atoms with Gasteiger partial charge in [-0.1, -0.05) is 71.9 Å². The maximum atomic E-state index is 13.6. The summed E-state index contributed by atoms with van der Waals surface area (Å²) in [7, 11) is 3.25. The maximum absolute atomic E-state index is 13.6. The van der Waals surface area contributed by atoms with E-state index in [9.17, 15) is 14.4 Å². The van der Waals surface area contributed by atoms with Crippen molar-refractivity contribution < 1.29 is 19.1 Å². The average molecular weight is 589 g/mol. The number of benzene rings is 4. The standard InChI is InChI=1S/C34H32N6O4/c1-39(26-17-19-27(44-2)20-18-26)34(43)30(21-24-11-5-3-6-12-24)35-32(41)23-40-22-31(37-38-40)28-15-9-10-16-29(28)36-33(42)25-13-7-4-8-14-25/h3-20,22,30H,21,23H2,1-2H3,(H,35,41)(H,36,42). The molecule has 10 nitrogen and oxygen atoms in total. The Morgan fingerprint density at radius 2 is 1.52 bits per heavy atom. The zero-order chi connectivity index (χ0) is 30.9. The van der Waals surface area contributed by atoms with Crippen molar-refractivity contribution in [3.8, 4) is 17.0 Å². The zero-order valence-electron chi connectivity index (χ0n) is 24.4. The first-order valence-electron chi connectivity index (χ1n) is 14.0. The second kappa shape index (κ2) is 13.9. The van der Waals surface area contributed by atoms with Crippen LogP contribution in [0.2, 0.25) is 0 Å². The minimum absolute atomic E-state index is 0.156. The lowest BCUT2D eigenvalue weighted by atomic mass is 10.0. The van der Waals surface area contributed by atoms with Gasteiger partial charge in [-0.05, 0) is 48.0 Å². The molecule has 1 heterocycles. The summed E-state index contributed by atoms with van der Waals surface area (Å²) >= 11 is 0. The first-order valence-corrected chi connectivity index (χ1v) is 14.0. The Labute approximate surface area is 255 Å². The molecule has 5 aromatic rings. The smallest absolute Gasteiger partial charge is 0.255 e. The number of carbonyl (C=O) groups is 3. The molecule has 0 fully saturated rings. The number of ether oxygens (including phenoxy) is 1. The molecule has 1 atom stereocenters. The summed E-state index contributed by atoms with van der Waals surface area (Å²) in [5, 5.41) is 14.2. The number of hydrogen-bond donors (Lipinski definition) is 2. The van der Waals surface area contributed by atoms with Crippen LogP contribution in [0.3, 0.4) is 0 Å². The fourth-order valence-corrected chi connectivity index (χ4v) is 4.70. The van der Waals surface area contributed by atoms with E-state index in [1.807, 2.05) is 54.6 Å². The van der Waals surface area contributed by atoms with E-state index in [4.69, 9.17) is 4.74 Å². The van der Waals surface area contributed by atoms with Crippen molar-refractivity contribution in [3.05, 3.63) is 127 Å². The average Bonchev–Trinajstić information content (AvgIpc) is 3.53. The molecule has 3 amide bonds. The largest absolute Gasteiger partial charge is 0.497 e. The van der Waals surface area contributed by atoms with Crippen LogP contribution < -0.4 is 20.3 Å². The van der Waals surface area contributed by atoms with Gasteiger partial charge >= 0.3 is 0 Å². The maximum Gasteiger partial charge on any atom is 0.255 e. The summed E-state index contributed by atoms with van der Waals surface area (Å²) in [6.45, 7) is -0.156. The molecule has 0 saturated carbocycles. The van der Waals surface area contributed by atoms with Gasteiger partial charge in [-0.25, -0.2) is 4.68 Å². The van der Waals surface area contributed by atoms with Crippen LogP contribution in [0.1, 0.15) is 15.9 Å². The van der Waals surface area contributed by atoms with Gasteiger partial charge in [-0.2, -0.15) is 0 Å². The van der Waals surface area contributed by atoms with Crippen molar-refractivity contribution in [2.75, 3.05) is 24.4 Å². The Kier molecular flexibility index (Phi) is 9.41. The van der Waals surface area contributed by atoms with Gasteiger partial charge in [0.05, 0.1) is 19.0 Å². The number of nitrogens with one attached hydrogen (secondary N) is 2. The number of carbonyl (C=O) groups excluding carboxylic acids is 3. The van der Waals surface area contributed by atoms with Crippen LogP contribution in [-0.2, 0) is 22.6 Å². The summed E-state index contributed by atoms with van der Waals surface area (Å²) in [6, 6.07) is 32.0. The van der Waals surface area contributed by atoms with Crippen LogP contribution in [-0.4, -0.2) is 52.9 Å². The molecule has 222 valence electrons. The molecule has 44 heavy (non-hydrogen) atoms. The Balaban J connectivity index is 1.29. The number of hydrogen-bond acceptors (Lipinski definition) is 6. The number of likely N-dealkylation sites (N-methyl/N-ethyl adjacent to an activating group) is 1. The topological polar surface area (TPSA) is 118 Å². The number of amides is 3. The van der Waals surface area contributed by atoms with Crippen molar-refractivity contribution in [2.24, 2.45) is 0 Å². The minimum Gasteiger partial charge on any atom is -0.497 e. The molecule has 0 saturated heterocycles. The van der Waals surface area contributed by atoms with Gasteiger partial charge in [0.2, 0.25) is 11.8 Å². The van der Waals surface area contributed by atoms with Crippen LogP contribution >= 0.6 is 0 Å². The first kappa shape index (κ1) is 29.7. The molecular weight excluding hydrogens is 556 g/mol. The lowest BCUT2D eigenvalue weighted by Crippen LogP contribution is -2.49. The molecule has 4 aromatic carbocycles. The van der Waals surface area contributed by atoms with Gasteiger partial charge in [0.25, 0.3) is 5.91 Å². The number of aromatic nitrogens is 3. The number of para-hydroxylation sites is 1.